The van der Waals surface area contributed by atoms with Crippen LogP contribution in [0.3, 0.4) is 0 Å². The Balaban J connectivity index is 1.34. The summed E-state index contributed by atoms with van der Waals surface area (Å²) < 4.78 is 34.5. The van der Waals surface area contributed by atoms with Crippen molar-refractivity contribution in [2.75, 3.05) is 26.4 Å². The number of aliphatic hydroxyl groups is 11. The maximum absolute atomic E-state index is 13.5. The van der Waals surface area contributed by atoms with Crippen molar-refractivity contribution in [3.05, 3.63) is 72.9 Å². The highest BCUT2D eigenvalue weighted by molar-refractivity contribution is 5.76. The Morgan fingerprint density at radius 2 is 0.690 bits per heavy atom. The number of ether oxygens (including phenoxy) is 6. The molecule has 17 atom stereocenters. The van der Waals surface area contributed by atoms with Crippen molar-refractivity contribution in [1.29, 1.82) is 0 Å². The van der Waals surface area contributed by atoms with Crippen LogP contribution in [0.25, 0.3) is 0 Å². The maximum Gasteiger partial charge on any atom is 0.220 e. The molecule has 3 fully saturated rings. The predicted molar refractivity (Wildman–Crippen MR) is 397 cm³/mol. The van der Waals surface area contributed by atoms with Crippen molar-refractivity contribution in [2.24, 2.45) is 0 Å². The smallest absolute Gasteiger partial charge is 0.220 e. The minimum absolute atomic E-state index is 0.241. The summed E-state index contributed by atoms with van der Waals surface area (Å²) in [4.78, 5) is 13.5. The number of aliphatic hydroxyl groups excluding tert-OH is 11. The van der Waals surface area contributed by atoms with E-state index < -0.39 is 124 Å². The number of rotatable bonds is 63. The fourth-order valence-corrected chi connectivity index (χ4v) is 13.4. The van der Waals surface area contributed by atoms with Gasteiger partial charge in [-0.05, 0) is 64.2 Å². The lowest BCUT2D eigenvalue weighted by Crippen LogP contribution is -2.66. The summed E-state index contributed by atoms with van der Waals surface area (Å²) in [6.45, 7) is 1.72. The van der Waals surface area contributed by atoms with E-state index in [2.05, 4.69) is 92.1 Å². The molecular weight excluding hydrogens is 1270 g/mol. The minimum atomic E-state index is -1.97. The molecule has 17 unspecified atom stereocenters. The lowest BCUT2D eigenvalue weighted by atomic mass is 9.96. The van der Waals surface area contributed by atoms with Crippen LogP contribution < -0.4 is 5.32 Å². The van der Waals surface area contributed by atoms with E-state index >= 15 is 0 Å². The Bertz CT molecular complexity index is 2090. The molecule has 100 heavy (non-hydrogen) atoms. The molecule has 1 amide bonds. The first-order chi connectivity index (χ1) is 48.8. The summed E-state index contributed by atoms with van der Waals surface area (Å²) in [5.74, 6) is -0.241. The average molecular weight is 1420 g/mol. The molecule has 0 radical (unpaired) electrons. The molecule has 3 saturated heterocycles. The number of amides is 1. The second kappa shape index (κ2) is 61.4. The predicted octanol–water partition coefficient (Wildman–Crippen LogP) is 13.2. The van der Waals surface area contributed by atoms with E-state index in [1.54, 1.807) is 0 Å². The second-order valence-corrected chi connectivity index (χ2v) is 28.5. The van der Waals surface area contributed by atoms with E-state index in [-0.39, 0.29) is 18.9 Å². The van der Waals surface area contributed by atoms with Gasteiger partial charge < -0.3 is 89.9 Å². The molecule has 3 heterocycles. The summed E-state index contributed by atoms with van der Waals surface area (Å²) in [6, 6.07) is -0.890. The quantitative estimate of drug-likeness (QED) is 0.0199. The van der Waals surface area contributed by atoms with Crippen LogP contribution in [-0.4, -0.2) is 193 Å². The van der Waals surface area contributed by atoms with Gasteiger partial charge in [0.1, 0.15) is 73.2 Å². The summed E-state index contributed by atoms with van der Waals surface area (Å²) in [7, 11) is 0. The van der Waals surface area contributed by atoms with Crippen LogP contribution in [0.4, 0.5) is 0 Å². The van der Waals surface area contributed by atoms with Crippen LogP contribution in [0.15, 0.2) is 72.9 Å². The van der Waals surface area contributed by atoms with E-state index in [4.69, 9.17) is 28.4 Å². The highest BCUT2D eigenvalue weighted by atomic mass is 16.8. The number of carbonyl (C=O) groups excluding carboxylic acids is 1. The van der Waals surface area contributed by atoms with E-state index in [0.717, 1.165) is 83.5 Å². The highest BCUT2D eigenvalue weighted by Crippen LogP contribution is 2.33. The van der Waals surface area contributed by atoms with Gasteiger partial charge in [0.25, 0.3) is 0 Å². The summed E-state index contributed by atoms with van der Waals surface area (Å²) >= 11 is 0. The SMILES string of the molecule is CC/C=C\C/C=C\C/C=C\C/C=C\C/C=C\C/C=C\CCCCCCCCCCCCCCCCCCC(=O)NC(COC1OC(CO)C(OC2OC(CO)C(OC3OC(CO)C(O)C(O)C3O)C(O)C2O)C(O)C1O)C(O)CCCCCCCCCCCCCCCCCCCCCC. The van der Waals surface area contributed by atoms with Gasteiger partial charge in [0, 0.05) is 6.42 Å². The Labute approximate surface area is 604 Å². The molecule has 582 valence electrons. The Hall–Kier alpha value is -2.77. The Kier molecular flexibility index (Phi) is 56.1. The molecule has 3 aliphatic heterocycles. The Morgan fingerprint density at radius 3 is 1.08 bits per heavy atom. The zero-order valence-corrected chi connectivity index (χ0v) is 62.2. The third kappa shape index (κ3) is 41.2. The first-order valence-electron chi connectivity index (χ1n) is 40.2. The van der Waals surface area contributed by atoms with Gasteiger partial charge >= 0.3 is 0 Å². The van der Waals surface area contributed by atoms with Crippen molar-refractivity contribution in [3.63, 3.8) is 0 Å². The molecule has 0 aromatic carbocycles. The number of hydrogen-bond acceptors (Lipinski definition) is 18. The van der Waals surface area contributed by atoms with Crippen molar-refractivity contribution in [2.45, 2.75) is 407 Å². The van der Waals surface area contributed by atoms with Crippen molar-refractivity contribution in [1.82, 2.24) is 5.32 Å². The van der Waals surface area contributed by atoms with Crippen LogP contribution >= 0.6 is 0 Å². The summed E-state index contributed by atoms with van der Waals surface area (Å²) in [6.07, 6.45) is 52.7. The van der Waals surface area contributed by atoms with E-state index in [0.29, 0.717) is 12.8 Å². The fraction of sp³-hybridized carbons (Fsp3) is 0.840. The maximum atomic E-state index is 13.5. The van der Waals surface area contributed by atoms with E-state index in [9.17, 15) is 61.0 Å². The minimum Gasteiger partial charge on any atom is -0.394 e. The number of unbranched alkanes of at least 4 members (excludes halogenated alkanes) is 35. The molecular formula is C81H145NO18. The van der Waals surface area contributed by atoms with Gasteiger partial charge in [-0.1, -0.05) is 305 Å². The van der Waals surface area contributed by atoms with Gasteiger partial charge in [0.15, 0.2) is 18.9 Å². The Morgan fingerprint density at radius 1 is 0.370 bits per heavy atom. The lowest BCUT2D eigenvalue weighted by Gasteiger charge is -2.48. The third-order valence-corrected chi connectivity index (χ3v) is 19.8. The molecule has 0 bridgehead atoms. The molecule has 3 rings (SSSR count). The van der Waals surface area contributed by atoms with Gasteiger partial charge in [-0.3, -0.25) is 4.79 Å². The van der Waals surface area contributed by atoms with E-state index in [1.165, 1.54) is 186 Å². The zero-order valence-electron chi connectivity index (χ0n) is 62.2. The number of carbonyl (C=O) groups is 1. The van der Waals surface area contributed by atoms with Gasteiger partial charge in [0.05, 0.1) is 38.6 Å². The molecule has 0 aromatic heterocycles. The number of nitrogens with one attached hydrogen (secondary N) is 1. The first kappa shape index (κ1) is 91.4. The molecule has 0 aromatic rings. The molecule has 12 N–H and O–H groups in total. The summed E-state index contributed by atoms with van der Waals surface area (Å²) in [5, 5.41) is 121. The highest BCUT2D eigenvalue weighted by Gasteiger charge is 2.54. The summed E-state index contributed by atoms with van der Waals surface area (Å²) in [5.41, 5.74) is 0. The zero-order chi connectivity index (χ0) is 72.5. The fourth-order valence-electron chi connectivity index (χ4n) is 13.4. The molecule has 0 aliphatic carbocycles. The van der Waals surface area contributed by atoms with Gasteiger partial charge in [0.2, 0.25) is 5.91 Å². The standard InChI is InChI=1S/C81H145NO18/c1-3-5-7-9-11-13-15-17-19-21-23-25-26-27-28-29-30-31-32-33-34-35-36-37-38-39-41-43-45-47-49-51-53-55-57-59-69(87)82-64(65(86)58-56-54-52-50-48-46-44-42-40-24-22-20-18-16-14-12-10-8-6-4-2)63-95-79-75(93)72(90)77(67(61-84)97-79)100-81-76(94)73(91)78(68(62-85)98-81)99-80-74(92)71(89)70(88)66(60-83)96-80/h5,7,11,13,17,19,23,25,27-28,30-31,64-68,70-81,83-86,88-94H,3-4,6,8-10,12,14-16,18,20-22,24,26,29,32-63H2,1-2H3,(H,82,87)/b7-5-,13-11-,19-17-,25-23-,28-27-,31-30-. The second-order valence-electron chi connectivity index (χ2n) is 28.5. The molecule has 0 spiro atoms. The van der Waals surface area contributed by atoms with E-state index in [1.807, 2.05) is 0 Å². The van der Waals surface area contributed by atoms with Gasteiger partial charge in [-0.25, -0.2) is 0 Å². The van der Waals surface area contributed by atoms with Crippen LogP contribution in [0.2, 0.25) is 0 Å². The van der Waals surface area contributed by atoms with Crippen molar-refractivity contribution in [3.8, 4) is 0 Å². The number of allylic oxidation sites excluding steroid dienone is 12. The normalized spacial score (nSPS) is 26.8. The van der Waals surface area contributed by atoms with Gasteiger partial charge in [-0.2, -0.15) is 0 Å². The average Bonchev–Trinajstić information content (AvgIpc) is 0.783. The largest absolute Gasteiger partial charge is 0.394 e. The molecule has 3 aliphatic rings. The lowest BCUT2D eigenvalue weighted by molar-refractivity contribution is -0.379. The van der Waals surface area contributed by atoms with Crippen LogP contribution in [0, 0.1) is 0 Å². The number of hydrogen-bond donors (Lipinski definition) is 12. The molecule has 19 heteroatoms. The van der Waals surface area contributed by atoms with Crippen molar-refractivity contribution < 1.29 is 89.4 Å². The monoisotopic (exact) mass is 1420 g/mol. The van der Waals surface area contributed by atoms with Crippen LogP contribution in [0.5, 0.6) is 0 Å². The topological polar surface area (TPSA) is 307 Å². The molecule has 0 saturated carbocycles. The van der Waals surface area contributed by atoms with Gasteiger partial charge in [-0.15, -0.1) is 0 Å². The van der Waals surface area contributed by atoms with Crippen LogP contribution in [0.1, 0.15) is 303 Å². The molecule has 19 nitrogen and oxygen atoms in total. The first-order valence-corrected chi connectivity index (χ1v) is 40.2. The third-order valence-electron chi connectivity index (χ3n) is 19.8. The van der Waals surface area contributed by atoms with Crippen molar-refractivity contribution >= 4 is 5.91 Å². The van der Waals surface area contributed by atoms with Crippen LogP contribution in [-0.2, 0) is 33.2 Å².